The zero-order chi connectivity index (χ0) is 22.8. The number of carbonyl (C=O) groups excluding carboxylic acids is 2. The van der Waals surface area contributed by atoms with E-state index in [9.17, 15) is 9.59 Å². The minimum absolute atomic E-state index is 0.0348. The molecule has 0 bridgehead atoms. The lowest BCUT2D eigenvalue weighted by Gasteiger charge is -2.18. The van der Waals surface area contributed by atoms with Crippen LogP contribution in [0.5, 0.6) is 0 Å². The van der Waals surface area contributed by atoms with Crippen LogP contribution in [-0.4, -0.2) is 44.8 Å². The highest BCUT2D eigenvalue weighted by molar-refractivity contribution is 5.95. The Kier molecular flexibility index (Phi) is 5.60. The molecule has 0 atom stereocenters. The van der Waals surface area contributed by atoms with Crippen molar-refractivity contribution in [3.8, 4) is 0 Å². The van der Waals surface area contributed by atoms with E-state index in [1.165, 1.54) is 0 Å². The SMILES string of the molecule is CN(Cc1ccc(C(=O)NC2CC2)cc1)C(=O)c1ccc(Cn2nnc3ccccc32)cc1. The Morgan fingerprint density at radius 1 is 0.939 bits per heavy atom. The van der Waals surface area contributed by atoms with Gasteiger partial charge in [0.25, 0.3) is 11.8 Å². The maximum Gasteiger partial charge on any atom is 0.253 e. The summed E-state index contributed by atoms with van der Waals surface area (Å²) >= 11 is 0. The van der Waals surface area contributed by atoms with E-state index in [2.05, 4.69) is 15.6 Å². The van der Waals surface area contributed by atoms with E-state index >= 15 is 0 Å². The van der Waals surface area contributed by atoms with Gasteiger partial charge >= 0.3 is 0 Å². The highest BCUT2D eigenvalue weighted by Gasteiger charge is 2.23. The topological polar surface area (TPSA) is 80.1 Å². The molecule has 7 heteroatoms. The third-order valence-corrected chi connectivity index (χ3v) is 5.85. The van der Waals surface area contributed by atoms with Gasteiger partial charge in [-0.2, -0.15) is 0 Å². The number of carbonyl (C=O) groups is 2. The van der Waals surface area contributed by atoms with Crippen molar-refractivity contribution in [3.05, 3.63) is 95.1 Å². The van der Waals surface area contributed by atoms with Gasteiger partial charge in [-0.3, -0.25) is 9.59 Å². The molecule has 3 aromatic carbocycles. The van der Waals surface area contributed by atoms with Crippen LogP contribution in [0.2, 0.25) is 0 Å². The van der Waals surface area contributed by atoms with E-state index in [1.807, 2.05) is 77.5 Å². The molecule has 0 saturated heterocycles. The first kappa shape index (κ1) is 20.9. The minimum Gasteiger partial charge on any atom is -0.349 e. The largest absolute Gasteiger partial charge is 0.349 e. The molecular formula is C26H25N5O2. The number of benzene rings is 3. The summed E-state index contributed by atoms with van der Waals surface area (Å²) in [5.41, 5.74) is 5.14. The van der Waals surface area contributed by atoms with Crippen LogP contribution >= 0.6 is 0 Å². The summed E-state index contributed by atoms with van der Waals surface area (Å²) in [4.78, 5) is 26.7. The average Bonchev–Trinajstić information content (AvgIpc) is 3.57. The summed E-state index contributed by atoms with van der Waals surface area (Å²) in [5, 5.41) is 11.4. The molecule has 1 aliphatic rings. The Balaban J connectivity index is 1.20. The molecule has 1 N–H and O–H groups in total. The maximum atomic E-state index is 12.9. The van der Waals surface area contributed by atoms with Gasteiger partial charge in [-0.05, 0) is 60.4 Å². The van der Waals surface area contributed by atoms with Crippen LogP contribution in [0.4, 0.5) is 0 Å². The van der Waals surface area contributed by atoms with Crippen molar-refractivity contribution < 1.29 is 9.59 Å². The maximum absolute atomic E-state index is 12.9. The zero-order valence-electron chi connectivity index (χ0n) is 18.4. The molecule has 5 rings (SSSR count). The minimum atomic E-state index is -0.0525. The van der Waals surface area contributed by atoms with Gasteiger partial charge in [-0.25, -0.2) is 4.68 Å². The summed E-state index contributed by atoms with van der Waals surface area (Å²) in [6.07, 6.45) is 2.13. The fourth-order valence-corrected chi connectivity index (χ4v) is 3.78. The summed E-state index contributed by atoms with van der Waals surface area (Å²) in [6, 6.07) is 23.2. The number of fused-ring (bicyclic) bond motifs is 1. The van der Waals surface area contributed by atoms with Crippen molar-refractivity contribution in [2.45, 2.75) is 32.0 Å². The van der Waals surface area contributed by atoms with Crippen molar-refractivity contribution >= 4 is 22.8 Å². The molecule has 4 aromatic rings. The van der Waals surface area contributed by atoms with Gasteiger partial charge in [0.1, 0.15) is 5.52 Å². The summed E-state index contributed by atoms with van der Waals surface area (Å²) < 4.78 is 1.85. The second kappa shape index (κ2) is 8.86. The number of hydrogen-bond acceptors (Lipinski definition) is 4. The Morgan fingerprint density at radius 2 is 1.61 bits per heavy atom. The predicted octanol–water partition coefficient (Wildman–Crippen LogP) is 3.64. The van der Waals surface area contributed by atoms with Crippen molar-refractivity contribution in [2.24, 2.45) is 0 Å². The lowest BCUT2D eigenvalue weighted by atomic mass is 10.1. The molecule has 1 aliphatic carbocycles. The lowest BCUT2D eigenvalue weighted by Crippen LogP contribution is -2.27. The monoisotopic (exact) mass is 439 g/mol. The van der Waals surface area contributed by atoms with Gasteiger partial charge in [-0.1, -0.05) is 41.6 Å². The Hall–Kier alpha value is -4.00. The molecule has 2 amide bonds. The summed E-state index contributed by atoms with van der Waals surface area (Å²) in [6.45, 7) is 1.06. The number of para-hydroxylation sites is 1. The van der Waals surface area contributed by atoms with E-state index < -0.39 is 0 Å². The van der Waals surface area contributed by atoms with E-state index in [1.54, 1.807) is 11.9 Å². The Bertz CT molecular complexity index is 1290. The number of rotatable bonds is 7. The number of amides is 2. The van der Waals surface area contributed by atoms with Crippen LogP contribution in [0.1, 0.15) is 44.7 Å². The van der Waals surface area contributed by atoms with Crippen LogP contribution in [0.15, 0.2) is 72.8 Å². The molecule has 7 nitrogen and oxygen atoms in total. The molecule has 166 valence electrons. The molecule has 33 heavy (non-hydrogen) atoms. The first-order valence-corrected chi connectivity index (χ1v) is 11.1. The van der Waals surface area contributed by atoms with E-state index in [-0.39, 0.29) is 11.8 Å². The molecule has 0 aliphatic heterocycles. The van der Waals surface area contributed by atoms with Crippen molar-refractivity contribution in [1.29, 1.82) is 0 Å². The molecule has 0 radical (unpaired) electrons. The molecule has 0 spiro atoms. The molecule has 1 aromatic heterocycles. The normalized spacial score (nSPS) is 13.1. The van der Waals surface area contributed by atoms with Crippen LogP contribution in [0.3, 0.4) is 0 Å². The molecule has 0 unspecified atom stereocenters. The van der Waals surface area contributed by atoms with Gasteiger partial charge in [-0.15, -0.1) is 5.10 Å². The van der Waals surface area contributed by atoms with Crippen LogP contribution in [0, 0.1) is 0 Å². The lowest BCUT2D eigenvalue weighted by molar-refractivity contribution is 0.0784. The molecule has 1 saturated carbocycles. The highest BCUT2D eigenvalue weighted by atomic mass is 16.2. The third kappa shape index (κ3) is 4.77. The fraction of sp³-hybridized carbons (Fsp3) is 0.231. The van der Waals surface area contributed by atoms with Crippen LogP contribution in [-0.2, 0) is 13.1 Å². The predicted molar refractivity (Wildman–Crippen MR) is 126 cm³/mol. The summed E-state index contributed by atoms with van der Waals surface area (Å²) in [5.74, 6) is -0.0873. The smallest absolute Gasteiger partial charge is 0.253 e. The number of nitrogens with zero attached hydrogens (tertiary/aromatic N) is 4. The standard InChI is InChI=1S/C26H25N5O2/c1-30(16-18-6-10-20(11-7-18)25(32)27-22-14-15-22)26(33)21-12-8-19(9-13-21)17-31-24-5-3-2-4-23(24)28-29-31/h2-13,22H,14-17H2,1H3,(H,27,32). The van der Waals surface area contributed by atoms with Crippen LogP contribution < -0.4 is 5.32 Å². The molecule has 1 heterocycles. The average molecular weight is 440 g/mol. The van der Waals surface area contributed by atoms with Crippen molar-refractivity contribution in [1.82, 2.24) is 25.2 Å². The van der Waals surface area contributed by atoms with Crippen LogP contribution in [0.25, 0.3) is 11.0 Å². The van der Waals surface area contributed by atoms with Gasteiger partial charge in [0.15, 0.2) is 0 Å². The van der Waals surface area contributed by atoms with Crippen molar-refractivity contribution in [2.75, 3.05) is 7.05 Å². The second-order valence-electron chi connectivity index (χ2n) is 8.54. The van der Waals surface area contributed by atoms with E-state index in [0.29, 0.717) is 30.3 Å². The van der Waals surface area contributed by atoms with Gasteiger partial charge in [0.2, 0.25) is 0 Å². The Labute approximate surface area is 192 Å². The fourth-order valence-electron chi connectivity index (χ4n) is 3.78. The van der Waals surface area contributed by atoms with Gasteiger partial charge in [0, 0.05) is 30.8 Å². The van der Waals surface area contributed by atoms with Gasteiger partial charge < -0.3 is 10.2 Å². The van der Waals surface area contributed by atoms with E-state index in [0.717, 1.165) is 35.0 Å². The molecule has 1 fully saturated rings. The second-order valence-corrected chi connectivity index (χ2v) is 8.54. The summed E-state index contributed by atoms with van der Waals surface area (Å²) in [7, 11) is 1.78. The van der Waals surface area contributed by atoms with E-state index in [4.69, 9.17) is 0 Å². The Morgan fingerprint density at radius 3 is 2.33 bits per heavy atom. The molecular weight excluding hydrogens is 414 g/mol. The number of aromatic nitrogens is 3. The zero-order valence-corrected chi connectivity index (χ0v) is 18.4. The third-order valence-electron chi connectivity index (χ3n) is 5.85. The number of hydrogen-bond donors (Lipinski definition) is 1. The highest BCUT2D eigenvalue weighted by Crippen LogP contribution is 2.19. The first-order valence-electron chi connectivity index (χ1n) is 11.1. The van der Waals surface area contributed by atoms with Crippen molar-refractivity contribution in [3.63, 3.8) is 0 Å². The quantitative estimate of drug-likeness (QED) is 0.477. The number of nitrogens with one attached hydrogen (secondary N) is 1. The van der Waals surface area contributed by atoms with Gasteiger partial charge in [0.05, 0.1) is 12.1 Å². The first-order chi connectivity index (χ1) is 16.1.